The van der Waals surface area contributed by atoms with Crippen molar-refractivity contribution in [1.29, 1.82) is 0 Å². The molecule has 0 aliphatic rings. The second kappa shape index (κ2) is 5.50. The fourth-order valence-corrected chi connectivity index (χ4v) is 4.48. The van der Waals surface area contributed by atoms with Gasteiger partial charge in [0, 0.05) is 15.0 Å². The molecule has 0 bridgehead atoms. The minimum atomic E-state index is 0.544. The van der Waals surface area contributed by atoms with Crippen LogP contribution in [0.1, 0.15) is 30.9 Å². The van der Waals surface area contributed by atoms with Gasteiger partial charge in [-0.15, -0.1) is 11.3 Å². The number of hydrogen-bond acceptors (Lipinski definition) is 1. The summed E-state index contributed by atoms with van der Waals surface area (Å²) in [6.45, 7) is 6.76. The first-order chi connectivity index (χ1) is 11.1. The Morgan fingerprint density at radius 1 is 0.870 bits per heavy atom. The van der Waals surface area contributed by atoms with Crippen LogP contribution in [0.3, 0.4) is 0 Å². The Kier molecular flexibility index (Phi) is 3.46. The van der Waals surface area contributed by atoms with Gasteiger partial charge in [0.05, 0.1) is 0 Å². The lowest BCUT2D eigenvalue weighted by Gasteiger charge is -2.03. The topological polar surface area (TPSA) is 0 Å². The average molecular weight is 316 g/mol. The number of hydrogen-bond donors (Lipinski definition) is 0. The molecule has 0 radical (unpaired) electrons. The van der Waals surface area contributed by atoms with Gasteiger partial charge in [0.2, 0.25) is 0 Å². The van der Waals surface area contributed by atoms with E-state index in [2.05, 4.69) is 81.4 Å². The smallest absolute Gasteiger partial charge is 0.0363 e. The van der Waals surface area contributed by atoms with Gasteiger partial charge in [-0.1, -0.05) is 62.4 Å². The Morgan fingerprint density at radius 2 is 1.65 bits per heavy atom. The molecule has 4 rings (SSSR count). The van der Waals surface area contributed by atoms with Crippen LogP contribution in [0.5, 0.6) is 0 Å². The SMILES string of the molecule is Cc1cc2sc(-c3ccccc3)cc3ccc(C(C)C)cc1c32. The van der Waals surface area contributed by atoms with Gasteiger partial charge in [-0.2, -0.15) is 0 Å². The van der Waals surface area contributed by atoms with E-state index < -0.39 is 0 Å². The zero-order valence-electron chi connectivity index (χ0n) is 13.8. The molecule has 0 aliphatic heterocycles. The van der Waals surface area contributed by atoms with Gasteiger partial charge in [-0.25, -0.2) is 0 Å². The Hall–Kier alpha value is -2.12. The molecule has 0 spiro atoms. The van der Waals surface area contributed by atoms with Gasteiger partial charge in [0.1, 0.15) is 0 Å². The van der Waals surface area contributed by atoms with E-state index in [4.69, 9.17) is 0 Å². The molecule has 1 aromatic heterocycles. The van der Waals surface area contributed by atoms with Crippen LogP contribution >= 0.6 is 11.3 Å². The minimum Gasteiger partial charge on any atom is -0.135 e. The van der Waals surface area contributed by atoms with E-state index in [-0.39, 0.29) is 0 Å². The molecule has 0 saturated carbocycles. The third kappa shape index (κ3) is 2.46. The van der Waals surface area contributed by atoms with Crippen molar-refractivity contribution < 1.29 is 0 Å². The van der Waals surface area contributed by atoms with Crippen molar-refractivity contribution in [3.63, 3.8) is 0 Å². The first-order valence-electron chi connectivity index (χ1n) is 8.16. The second-order valence-corrected chi connectivity index (χ2v) is 7.63. The quantitative estimate of drug-likeness (QED) is 0.368. The molecule has 23 heavy (non-hydrogen) atoms. The molecule has 0 fully saturated rings. The van der Waals surface area contributed by atoms with Crippen LogP contribution in [0.15, 0.2) is 60.7 Å². The summed E-state index contributed by atoms with van der Waals surface area (Å²) in [7, 11) is 0. The molecule has 0 nitrogen and oxygen atoms in total. The minimum absolute atomic E-state index is 0.544. The summed E-state index contributed by atoms with van der Waals surface area (Å²) in [5.74, 6) is 0.544. The van der Waals surface area contributed by atoms with Gasteiger partial charge in [-0.05, 0) is 52.4 Å². The Morgan fingerprint density at radius 3 is 2.39 bits per heavy atom. The van der Waals surface area contributed by atoms with Crippen molar-refractivity contribution in [1.82, 2.24) is 0 Å². The van der Waals surface area contributed by atoms with Crippen molar-refractivity contribution in [2.75, 3.05) is 0 Å². The summed E-state index contributed by atoms with van der Waals surface area (Å²) in [5.41, 5.74) is 4.08. The highest BCUT2D eigenvalue weighted by atomic mass is 32.1. The summed E-state index contributed by atoms with van der Waals surface area (Å²) in [5, 5.41) is 4.16. The van der Waals surface area contributed by atoms with E-state index in [1.54, 1.807) is 0 Å². The maximum Gasteiger partial charge on any atom is 0.0363 e. The van der Waals surface area contributed by atoms with Crippen LogP contribution in [0, 0.1) is 6.92 Å². The normalized spacial score (nSPS) is 11.7. The van der Waals surface area contributed by atoms with Gasteiger partial charge >= 0.3 is 0 Å². The maximum atomic E-state index is 2.38. The Labute approximate surface area is 141 Å². The fourth-order valence-electron chi connectivity index (χ4n) is 3.24. The highest BCUT2D eigenvalue weighted by Gasteiger charge is 2.11. The Balaban J connectivity index is 2.09. The monoisotopic (exact) mass is 316 g/mol. The zero-order valence-corrected chi connectivity index (χ0v) is 14.6. The van der Waals surface area contributed by atoms with E-state index >= 15 is 0 Å². The van der Waals surface area contributed by atoms with Crippen molar-refractivity contribution in [2.24, 2.45) is 0 Å². The number of aryl methyl sites for hydroxylation is 1. The first kappa shape index (κ1) is 14.5. The summed E-state index contributed by atoms with van der Waals surface area (Å²) in [4.78, 5) is 1.34. The molecule has 0 saturated heterocycles. The third-order valence-electron chi connectivity index (χ3n) is 4.57. The molecule has 0 unspecified atom stereocenters. The predicted octanol–water partition coefficient (Wildman–Crippen LogP) is 7.15. The lowest BCUT2D eigenvalue weighted by atomic mass is 10.0. The lowest BCUT2D eigenvalue weighted by molar-refractivity contribution is 0.869. The molecule has 0 atom stereocenters. The van der Waals surface area contributed by atoms with Crippen molar-refractivity contribution in [2.45, 2.75) is 26.7 Å². The van der Waals surface area contributed by atoms with Gasteiger partial charge in [0.15, 0.2) is 0 Å². The van der Waals surface area contributed by atoms with E-state index in [9.17, 15) is 0 Å². The summed E-state index contributed by atoms with van der Waals surface area (Å²) in [6.07, 6.45) is 0. The molecule has 0 aliphatic carbocycles. The average Bonchev–Trinajstić information content (AvgIpc) is 2.74. The van der Waals surface area contributed by atoms with Gasteiger partial charge in [0.25, 0.3) is 0 Å². The molecule has 0 amide bonds. The van der Waals surface area contributed by atoms with Crippen LogP contribution in [-0.2, 0) is 0 Å². The van der Waals surface area contributed by atoms with Crippen LogP contribution in [0.4, 0.5) is 0 Å². The second-order valence-electron chi connectivity index (χ2n) is 6.54. The first-order valence-corrected chi connectivity index (χ1v) is 8.97. The molecule has 1 heterocycles. The van der Waals surface area contributed by atoms with E-state index in [0.29, 0.717) is 5.92 Å². The van der Waals surface area contributed by atoms with Crippen molar-refractivity contribution in [3.05, 3.63) is 71.8 Å². The third-order valence-corrected chi connectivity index (χ3v) is 5.69. The molecule has 1 heteroatoms. The van der Waals surface area contributed by atoms with E-state index in [0.717, 1.165) is 0 Å². The summed E-state index contributed by atoms with van der Waals surface area (Å²) >= 11 is 1.89. The Bertz CT molecular complexity index is 991. The van der Waals surface area contributed by atoms with Crippen LogP contribution in [0.25, 0.3) is 31.3 Å². The largest absolute Gasteiger partial charge is 0.135 e. The number of benzene rings is 1. The molecular weight excluding hydrogens is 296 g/mol. The highest BCUT2D eigenvalue weighted by molar-refractivity contribution is 7.22. The van der Waals surface area contributed by atoms with E-state index in [1.807, 2.05) is 11.3 Å². The predicted molar refractivity (Wildman–Crippen MR) is 104 cm³/mol. The van der Waals surface area contributed by atoms with Crippen molar-refractivity contribution >= 4 is 32.2 Å². The van der Waals surface area contributed by atoms with Crippen LogP contribution in [0.2, 0.25) is 0 Å². The van der Waals surface area contributed by atoms with E-state index in [1.165, 1.54) is 42.4 Å². The van der Waals surface area contributed by atoms with Gasteiger partial charge in [-0.3, -0.25) is 0 Å². The molecule has 3 aromatic carbocycles. The highest BCUT2D eigenvalue weighted by Crippen LogP contribution is 2.39. The molecular formula is C22H20S. The standard InChI is InChI=1S/C22H20S/c1-14(2)17-9-10-18-13-20(16-7-5-4-6-8-16)23-21-11-15(3)19(12-17)22(18)21/h4-14H,1-3H3. The molecule has 0 N–H and O–H groups in total. The summed E-state index contributed by atoms with van der Waals surface area (Å²) < 4.78 is 1.39. The number of rotatable bonds is 2. The fraction of sp³-hybridized carbons (Fsp3) is 0.182. The van der Waals surface area contributed by atoms with Crippen molar-refractivity contribution in [3.8, 4) is 10.4 Å². The maximum absolute atomic E-state index is 2.38. The van der Waals surface area contributed by atoms with Crippen LogP contribution < -0.4 is 0 Å². The van der Waals surface area contributed by atoms with Gasteiger partial charge < -0.3 is 0 Å². The van der Waals surface area contributed by atoms with Crippen LogP contribution in [-0.4, -0.2) is 0 Å². The summed E-state index contributed by atoms with van der Waals surface area (Å²) in [6, 6.07) is 22.3. The zero-order chi connectivity index (χ0) is 16.0. The lowest BCUT2D eigenvalue weighted by Crippen LogP contribution is -1.82. The molecule has 4 aromatic rings. The molecule has 114 valence electrons.